The number of thiol groups is 1. The Morgan fingerprint density at radius 3 is 2.06 bits per heavy atom. The molecule has 0 aliphatic carbocycles. The number of aryl methyl sites for hydroxylation is 1. The number of phenolic OH excluding ortho intramolecular Hbond substituents is 2. The third-order valence-electron chi connectivity index (χ3n) is 9.74. The molecule has 8 heteroatoms. The molecule has 4 N–H and O–H groups in total. The Labute approximate surface area is 311 Å². The first-order valence-electron chi connectivity index (χ1n) is 19.3. The van der Waals surface area contributed by atoms with Crippen molar-refractivity contribution >= 4 is 18.6 Å². The number of aliphatic hydroxyl groups excluding tert-OH is 2. The number of benzene rings is 2. The van der Waals surface area contributed by atoms with E-state index in [2.05, 4.69) is 40.3 Å². The molecule has 0 saturated heterocycles. The summed E-state index contributed by atoms with van der Waals surface area (Å²) in [6.45, 7) is 22.8. The van der Waals surface area contributed by atoms with E-state index in [1.54, 1.807) is 18.2 Å². The molecular formula is C42H73NO6S. The van der Waals surface area contributed by atoms with Crippen LogP contribution in [0.3, 0.4) is 0 Å². The first kappa shape index (κ1) is 47.7. The zero-order chi connectivity index (χ0) is 38.3. The average molecular weight is 720 g/mol. The van der Waals surface area contributed by atoms with Gasteiger partial charge in [-0.25, -0.2) is 4.79 Å². The van der Waals surface area contributed by atoms with Gasteiger partial charge < -0.3 is 25.2 Å². The SMILES string of the molecule is CC.CC.CCCCCCC(C)(C)C(CC)CCCc1cc(C(=O)OCCCN(CCO)CCO)cc(C(C)(C)c2cccc(S)c2O)c1O. The van der Waals surface area contributed by atoms with Crippen LogP contribution in [0.25, 0.3) is 0 Å². The van der Waals surface area contributed by atoms with Gasteiger partial charge in [0.25, 0.3) is 0 Å². The molecule has 2 aromatic rings. The molecule has 7 nitrogen and oxygen atoms in total. The standard InChI is InChI=1S/C38H61NO6S.2C2H6/c1-7-9-10-11-19-37(3,4)30(8-2)16-12-15-28-26-29(36(44)45-25-14-20-39(21-23-40)22-24-41)27-32(34(28)42)38(5,6)31-17-13-18-33(46)35(31)43;2*1-2/h13,17-18,26-27,30,40-43,46H,7-12,14-16,19-25H2,1-6H3;2*1-2H3. The molecule has 50 heavy (non-hydrogen) atoms. The highest BCUT2D eigenvalue weighted by Gasteiger charge is 2.32. The van der Waals surface area contributed by atoms with E-state index in [0.717, 1.165) is 19.3 Å². The number of carbonyl (C=O) groups is 1. The van der Waals surface area contributed by atoms with Crippen molar-refractivity contribution in [3.63, 3.8) is 0 Å². The number of aliphatic hydroxyl groups is 2. The molecule has 288 valence electrons. The number of unbranched alkanes of at least 4 members (excludes halogenated alkanes) is 3. The second kappa shape index (κ2) is 25.7. The largest absolute Gasteiger partial charge is 0.507 e. The normalized spacial score (nSPS) is 12.1. The number of rotatable bonds is 22. The molecule has 0 aliphatic heterocycles. The summed E-state index contributed by atoms with van der Waals surface area (Å²) in [5.74, 6) is 0.278. The zero-order valence-corrected chi connectivity index (χ0v) is 34.2. The second-order valence-corrected chi connectivity index (χ2v) is 14.4. The number of para-hydroxylation sites is 1. The van der Waals surface area contributed by atoms with Gasteiger partial charge in [-0.15, -0.1) is 12.6 Å². The highest BCUT2D eigenvalue weighted by atomic mass is 32.1. The van der Waals surface area contributed by atoms with E-state index in [-0.39, 0.29) is 36.7 Å². The lowest BCUT2D eigenvalue weighted by molar-refractivity contribution is 0.0481. The Morgan fingerprint density at radius 1 is 0.840 bits per heavy atom. The maximum atomic E-state index is 13.4. The number of hydrogen-bond acceptors (Lipinski definition) is 8. The number of hydrogen-bond donors (Lipinski definition) is 5. The lowest BCUT2D eigenvalue weighted by atomic mass is 9.71. The predicted molar refractivity (Wildman–Crippen MR) is 213 cm³/mol. The van der Waals surface area contributed by atoms with Gasteiger partial charge in [0.1, 0.15) is 11.5 Å². The van der Waals surface area contributed by atoms with E-state index in [1.807, 2.05) is 58.6 Å². The maximum Gasteiger partial charge on any atom is 0.338 e. The van der Waals surface area contributed by atoms with Crippen molar-refractivity contribution in [1.29, 1.82) is 0 Å². The average Bonchev–Trinajstić information content (AvgIpc) is 3.10. The van der Waals surface area contributed by atoms with E-state index in [0.29, 0.717) is 65.5 Å². The lowest BCUT2D eigenvalue weighted by Gasteiger charge is -2.34. The molecule has 0 fully saturated rings. The molecule has 0 amide bonds. The number of esters is 1. The molecule has 0 aromatic heterocycles. The number of aromatic hydroxyl groups is 2. The summed E-state index contributed by atoms with van der Waals surface area (Å²) in [5.41, 5.74) is 1.62. The third-order valence-corrected chi connectivity index (χ3v) is 10.1. The van der Waals surface area contributed by atoms with E-state index >= 15 is 0 Å². The summed E-state index contributed by atoms with van der Waals surface area (Å²) < 4.78 is 5.67. The Morgan fingerprint density at radius 2 is 1.48 bits per heavy atom. The van der Waals surface area contributed by atoms with Gasteiger partial charge in [0.2, 0.25) is 0 Å². The quantitative estimate of drug-likeness (QED) is 0.0468. The Balaban J connectivity index is 0.00000578. The molecule has 0 saturated carbocycles. The van der Waals surface area contributed by atoms with E-state index < -0.39 is 11.4 Å². The number of nitrogens with zero attached hydrogens (tertiary/aromatic N) is 1. The van der Waals surface area contributed by atoms with Gasteiger partial charge in [-0.05, 0) is 67.2 Å². The summed E-state index contributed by atoms with van der Waals surface area (Å²) in [6.07, 6.45) is 10.5. The van der Waals surface area contributed by atoms with Gasteiger partial charge in [-0.1, -0.05) is 113 Å². The van der Waals surface area contributed by atoms with Crippen LogP contribution < -0.4 is 0 Å². The van der Waals surface area contributed by atoms with Gasteiger partial charge in [0, 0.05) is 41.1 Å². The van der Waals surface area contributed by atoms with Crippen molar-refractivity contribution in [2.24, 2.45) is 11.3 Å². The summed E-state index contributed by atoms with van der Waals surface area (Å²) >= 11 is 4.41. The van der Waals surface area contributed by atoms with Gasteiger partial charge in [0.15, 0.2) is 0 Å². The van der Waals surface area contributed by atoms with E-state index in [1.165, 1.54) is 32.1 Å². The number of phenols is 2. The molecule has 0 spiro atoms. The Hall–Kier alpha value is -2.26. The predicted octanol–water partition coefficient (Wildman–Crippen LogP) is 9.94. The maximum absolute atomic E-state index is 13.4. The van der Waals surface area contributed by atoms with Crippen LogP contribution in [0.2, 0.25) is 0 Å². The molecule has 0 radical (unpaired) electrons. The minimum atomic E-state index is -0.834. The summed E-state index contributed by atoms with van der Waals surface area (Å²) in [5, 5.41) is 41.1. The molecule has 0 aliphatic rings. The van der Waals surface area contributed by atoms with Crippen LogP contribution >= 0.6 is 12.6 Å². The first-order chi connectivity index (χ1) is 23.8. The van der Waals surface area contributed by atoms with Crippen molar-refractivity contribution in [2.45, 2.75) is 144 Å². The van der Waals surface area contributed by atoms with E-state index in [4.69, 9.17) is 4.74 Å². The Bertz CT molecular complexity index is 1210. The first-order valence-corrected chi connectivity index (χ1v) is 19.8. The van der Waals surface area contributed by atoms with Gasteiger partial charge in [-0.3, -0.25) is 4.90 Å². The van der Waals surface area contributed by atoms with Crippen LogP contribution in [0, 0.1) is 11.3 Å². The fraction of sp³-hybridized carbons (Fsp3) is 0.690. The fourth-order valence-corrected chi connectivity index (χ4v) is 6.92. The Kier molecular flexibility index (Phi) is 24.5. The fourth-order valence-electron chi connectivity index (χ4n) is 6.71. The number of ether oxygens (including phenoxy) is 1. The van der Waals surface area contributed by atoms with Gasteiger partial charge >= 0.3 is 5.97 Å². The summed E-state index contributed by atoms with van der Waals surface area (Å²) in [6, 6.07) is 8.80. The van der Waals surface area contributed by atoms with Gasteiger partial charge in [-0.2, -0.15) is 0 Å². The highest BCUT2D eigenvalue weighted by Crippen LogP contribution is 2.45. The van der Waals surface area contributed by atoms with Crippen LogP contribution in [0.4, 0.5) is 0 Å². The van der Waals surface area contributed by atoms with Gasteiger partial charge in [0.05, 0.1) is 25.4 Å². The van der Waals surface area contributed by atoms with Crippen molar-refractivity contribution in [3.8, 4) is 11.5 Å². The van der Waals surface area contributed by atoms with Crippen LogP contribution in [0.1, 0.15) is 154 Å². The van der Waals surface area contributed by atoms with Crippen LogP contribution in [0.5, 0.6) is 11.5 Å². The summed E-state index contributed by atoms with van der Waals surface area (Å²) in [4.78, 5) is 15.8. The molecule has 0 heterocycles. The van der Waals surface area contributed by atoms with Crippen molar-refractivity contribution in [1.82, 2.24) is 4.90 Å². The summed E-state index contributed by atoms with van der Waals surface area (Å²) in [7, 11) is 0. The molecular weight excluding hydrogens is 647 g/mol. The second-order valence-electron chi connectivity index (χ2n) is 13.9. The van der Waals surface area contributed by atoms with E-state index in [9.17, 15) is 25.2 Å². The van der Waals surface area contributed by atoms with Crippen molar-refractivity contribution in [3.05, 3.63) is 52.6 Å². The van der Waals surface area contributed by atoms with Crippen LogP contribution in [-0.2, 0) is 16.6 Å². The zero-order valence-electron chi connectivity index (χ0n) is 33.3. The van der Waals surface area contributed by atoms with Crippen LogP contribution in [0.15, 0.2) is 35.2 Å². The minimum Gasteiger partial charge on any atom is -0.507 e. The lowest BCUT2D eigenvalue weighted by Crippen LogP contribution is -2.31. The number of carbonyl (C=O) groups excluding carboxylic acids is 1. The van der Waals surface area contributed by atoms with Crippen molar-refractivity contribution in [2.75, 3.05) is 39.5 Å². The third kappa shape index (κ3) is 15.1. The smallest absolute Gasteiger partial charge is 0.338 e. The molecule has 0 bridgehead atoms. The monoisotopic (exact) mass is 720 g/mol. The molecule has 1 unspecified atom stereocenters. The molecule has 2 rings (SSSR count). The molecule has 2 aromatic carbocycles. The topological polar surface area (TPSA) is 110 Å². The molecule has 1 atom stereocenters. The van der Waals surface area contributed by atoms with Crippen LogP contribution in [-0.4, -0.2) is 70.8 Å². The minimum absolute atomic E-state index is 0.00419. The highest BCUT2D eigenvalue weighted by molar-refractivity contribution is 7.80. The van der Waals surface area contributed by atoms with Crippen molar-refractivity contribution < 1.29 is 30.0 Å².